The molecule has 0 heterocycles. The molecule has 0 bridgehead atoms. The fourth-order valence-corrected chi connectivity index (χ4v) is 3.04. The van der Waals surface area contributed by atoms with Gasteiger partial charge in [0.15, 0.2) is 0 Å². The average Bonchev–Trinajstić information content (AvgIpc) is 2.60. The van der Waals surface area contributed by atoms with Gasteiger partial charge in [0.1, 0.15) is 11.5 Å². The van der Waals surface area contributed by atoms with Crippen molar-refractivity contribution in [3.63, 3.8) is 0 Å². The van der Waals surface area contributed by atoms with Gasteiger partial charge in [0.2, 0.25) is 10.0 Å². The third-order valence-corrected chi connectivity index (χ3v) is 5.04. The van der Waals surface area contributed by atoms with Crippen molar-refractivity contribution in [2.24, 2.45) is 10.3 Å². The zero-order valence-electron chi connectivity index (χ0n) is 13.4. The van der Waals surface area contributed by atoms with Crippen molar-refractivity contribution in [1.29, 1.82) is 0 Å². The molecule has 2 aromatic rings. The largest absolute Gasteiger partial charge is 0.507 e. The van der Waals surface area contributed by atoms with E-state index in [4.69, 9.17) is 10.3 Å². The third kappa shape index (κ3) is 5.28. The van der Waals surface area contributed by atoms with E-state index in [0.717, 1.165) is 0 Å². The molecule has 2 rings (SSSR count). The minimum Gasteiger partial charge on any atom is -0.507 e. The second-order valence-electron chi connectivity index (χ2n) is 5.38. The number of nitrogens with one attached hydrogen (secondary N) is 1. The highest BCUT2D eigenvalue weighted by molar-refractivity contribution is 9.10. The minimum absolute atomic E-state index is 0.0249. The Labute approximate surface area is 158 Å². The molecule has 0 atom stereocenters. The normalized spacial score (nSPS) is 12.0. The van der Waals surface area contributed by atoms with E-state index in [1.165, 1.54) is 30.3 Å². The number of primary sulfonamides is 1. The fourth-order valence-electron chi connectivity index (χ4n) is 2.10. The monoisotopic (exact) mass is 441 g/mol. The first-order valence-electron chi connectivity index (χ1n) is 7.29. The molecule has 2 aromatic carbocycles. The van der Waals surface area contributed by atoms with Crippen molar-refractivity contribution in [3.8, 4) is 5.75 Å². The molecule has 0 aliphatic rings. The number of carbonyl (C=O) groups is 1. The van der Waals surface area contributed by atoms with Crippen molar-refractivity contribution < 1.29 is 23.5 Å². The Balaban J connectivity index is 2.00. The van der Waals surface area contributed by atoms with E-state index in [1.54, 1.807) is 12.1 Å². The van der Waals surface area contributed by atoms with Crippen molar-refractivity contribution in [1.82, 2.24) is 5.32 Å². The molecular formula is C16H16BrN3O5S. The summed E-state index contributed by atoms with van der Waals surface area (Å²) in [5.74, 6) is -0.518. The summed E-state index contributed by atoms with van der Waals surface area (Å²) in [5.41, 5.74) is 1.20. The lowest BCUT2D eigenvalue weighted by Crippen LogP contribution is -2.32. The number of halogens is 1. The van der Waals surface area contributed by atoms with Gasteiger partial charge in [-0.25, -0.2) is 13.6 Å². The second-order valence-corrected chi connectivity index (χ2v) is 7.80. The maximum atomic E-state index is 12.2. The summed E-state index contributed by atoms with van der Waals surface area (Å²) < 4.78 is 22.9. The number of aromatic hydroxyl groups is 1. The van der Waals surface area contributed by atoms with Crippen LogP contribution in [0.25, 0.3) is 0 Å². The van der Waals surface area contributed by atoms with E-state index in [1.807, 2.05) is 0 Å². The Morgan fingerprint density at radius 1 is 1.15 bits per heavy atom. The second kappa shape index (κ2) is 8.30. The van der Waals surface area contributed by atoms with Crippen LogP contribution in [0.15, 0.2) is 57.0 Å². The molecule has 5 N–H and O–H groups in total. The van der Waals surface area contributed by atoms with Crippen LogP contribution >= 0.6 is 15.9 Å². The van der Waals surface area contributed by atoms with E-state index in [9.17, 15) is 18.3 Å². The van der Waals surface area contributed by atoms with Gasteiger partial charge in [-0.1, -0.05) is 23.4 Å². The summed E-state index contributed by atoms with van der Waals surface area (Å²) in [6.45, 7) is 0.113. The summed E-state index contributed by atoms with van der Waals surface area (Å²) in [6, 6.07) is 10.4. The van der Waals surface area contributed by atoms with Crippen molar-refractivity contribution in [2.75, 3.05) is 0 Å². The standard InChI is InChI=1S/C16H16BrN3O5S/c17-13-7-11(3-6-15(13)21)8-14(20-23)16(22)19-9-10-1-4-12(5-2-10)26(18,24)25/h1-7,21,23H,8-9H2,(H,19,22)(H2,18,24,25)/b20-14+. The van der Waals surface area contributed by atoms with Gasteiger partial charge in [0.25, 0.3) is 5.91 Å². The Kier molecular flexibility index (Phi) is 6.35. The van der Waals surface area contributed by atoms with Crippen LogP contribution in [-0.4, -0.2) is 30.4 Å². The van der Waals surface area contributed by atoms with Crippen LogP contribution in [0.3, 0.4) is 0 Å². The van der Waals surface area contributed by atoms with E-state index in [-0.39, 0.29) is 29.3 Å². The first kappa shape index (κ1) is 19.9. The summed E-state index contributed by atoms with van der Waals surface area (Å²) in [6.07, 6.45) is 0.0611. The lowest BCUT2D eigenvalue weighted by molar-refractivity contribution is -0.115. The predicted octanol–water partition coefficient (Wildman–Crippen LogP) is 1.49. The lowest BCUT2D eigenvalue weighted by Gasteiger charge is -2.08. The number of phenols is 1. The number of sulfonamides is 1. The Hall–Kier alpha value is -2.43. The lowest BCUT2D eigenvalue weighted by atomic mass is 10.1. The fraction of sp³-hybridized carbons (Fsp3) is 0.125. The summed E-state index contributed by atoms with van der Waals surface area (Å²) >= 11 is 3.17. The van der Waals surface area contributed by atoms with Crippen LogP contribution in [0.5, 0.6) is 5.75 Å². The SMILES string of the molecule is NS(=O)(=O)c1ccc(CNC(=O)/C(Cc2ccc(O)c(Br)c2)=N/O)cc1. The van der Waals surface area contributed by atoms with E-state index < -0.39 is 15.9 Å². The Morgan fingerprint density at radius 2 is 1.77 bits per heavy atom. The molecule has 0 aliphatic carbocycles. The highest BCUT2D eigenvalue weighted by Crippen LogP contribution is 2.24. The van der Waals surface area contributed by atoms with Crippen LogP contribution in [0.1, 0.15) is 11.1 Å². The summed E-state index contributed by atoms with van der Waals surface area (Å²) in [4.78, 5) is 12.1. The number of oxime groups is 1. The van der Waals surface area contributed by atoms with Gasteiger partial charge in [-0.2, -0.15) is 0 Å². The van der Waals surface area contributed by atoms with Crippen LogP contribution in [0, 0.1) is 0 Å². The topological polar surface area (TPSA) is 142 Å². The average molecular weight is 442 g/mol. The molecule has 0 saturated heterocycles. The molecule has 138 valence electrons. The number of phenolic OH excluding ortho intramolecular Hbond substituents is 1. The molecule has 0 unspecified atom stereocenters. The Morgan fingerprint density at radius 3 is 2.31 bits per heavy atom. The predicted molar refractivity (Wildman–Crippen MR) is 98.4 cm³/mol. The zero-order valence-corrected chi connectivity index (χ0v) is 15.8. The van der Waals surface area contributed by atoms with E-state index >= 15 is 0 Å². The van der Waals surface area contributed by atoms with Gasteiger partial charge in [-0.05, 0) is 51.3 Å². The van der Waals surface area contributed by atoms with Gasteiger partial charge in [0.05, 0.1) is 9.37 Å². The number of rotatable bonds is 6. The van der Waals surface area contributed by atoms with Gasteiger partial charge in [-0.15, -0.1) is 0 Å². The van der Waals surface area contributed by atoms with Crippen LogP contribution in [-0.2, 0) is 27.8 Å². The molecular weight excluding hydrogens is 426 g/mol. The van der Waals surface area contributed by atoms with Crippen molar-refractivity contribution in [3.05, 3.63) is 58.1 Å². The van der Waals surface area contributed by atoms with Gasteiger partial charge < -0.3 is 15.6 Å². The highest BCUT2D eigenvalue weighted by atomic mass is 79.9. The molecule has 8 nitrogen and oxygen atoms in total. The molecule has 26 heavy (non-hydrogen) atoms. The van der Waals surface area contributed by atoms with E-state index in [0.29, 0.717) is 15.6 Å². The number of amides is 1. The summed E-state index contributed by atoms with van der Waals surface area (Å²) in [7, 11) is -3.77. The number of nitrogens with two attached hydrogens (primary N) is 1. The molecule has 0 radical (unpaired) electrons. The minimum atomic E-state index is -3.77. The first-order chi connectivity index (χ1) is 12.2. The van der Waals surface area contributed by atoms with Gasteiger partial charge in [0, 0.05) is 13.0 Å². The van der Waals surface area contributed by atoms with Crippen molar-refractivity contribution in [2.45, 2.75) is 17.9 Å². The Bertz CT molecular complexity index is 943. The smallest absolute Gasteiger partial charge is 0.269 e. The quantitative estimate of drug-likeness (QED) is 0.305. The molecule has 10 heteroatoms. The maximum absolute atomic E-state index is 12.2. The highest BCUT2D eigenvalue weighted by Gasteiger charge is 2.14. The molecule has 0 spiro atoms. The number of hydrogen-bond donors (Lipinski definition) is 4. The van der Waals surface area contributed by atoms with Crippen LogP contribution in [0.4, 0.5) is 0 Å². The van der Waals surface area contributed by atoms with Crippen molar-refractivity contribution >= 4 is 37.6 Å². The van der Waals surface area contributed by atoms with Gasteiger partial charge in [-0.3, -0.25) is 4.79 Å². The number of carbonyl (C=O) groups excluding carboxylic acids is 1. The van der Waals surface area contributed by atoms with Crippen LogP contribution in [0.2, 0.25) is 0 Å². The van der Waals surface area contributed by atoms with E-state index in [2.05, 4.69) is 26.4 Å². The number of benzene rings is 2. The third-order valence-electron chi connectivity index (χ3n) is 3.47. The summed E-state index contributed by atoms with van der Waals surface area (Å²) in [5, 5.41) is 29.2. The van der Waals surface area contributed by atoms with Gasteiger partial charge >= 0.3 is 0 Å². The van der Waals surface area contributed by atoms with Crippen LogP contribution < -0.4 is 10.5 Å². The molecule has 1 amide bonds. The molecule has 0 saturated carbocycles. The molecule has 0 aliphatic heterocycles. The number of nitrogens with zero attached hydrogens (tertiary/aromatic N) is 1. The molecule has 0 fully saturated rings. The zero-order chi connectivity index (χ0) is 19.3. The first-order valence-corrected chi connectivity index (χ1v) is 9.63. The molecule has 0 aromatic heterocycles. The maximum Gasteiger partial charge on any atom is 0.269 e. The number of hydrogen-bond acceptors (Lipinski definition) is 6.